The molecule has 5 rings (SSSR count). The molecule has 0 spiro atoms. The van der Waals surface area contributed by atoms with Crippen molar-refractivity contribution in [3.8, 4) is 5.75 Å². The largest absolute Gasteiger partial charge is 0.384 e. The Bertz CT molecular complexity index is 1680. The van der Waals surface area contributed by atoms with E-state index in [2.05, 4.69) is 20.5 Å². The van der Waals surface area contributed by atoms with E-state index in [0.717, 1.165) is 5.52 Å². The standard InChI is InChI=1S/C24H18N6O4S/c25-22-19(15-26-24-28-20-8-4-5-9-21(20)30(22)24)23(31)29-27-14-16-10-12-17(13-11-16)34-35(32,33)18-6-2-1-3-7-18/h1-15H,25H2,(H,29,31)/b27-14+. The number of nitrogens with zero attached hydrogens (tertiary/aromatic N) is 4. The SMILES string of the molecule is Nc1c(C(=O)N/N=C/c2ccc(OS(=O)(=O)c3ccccc3)cc2)cnc2nc3ccccc3n12. The Labute approximate surface area is 199 Å². The molecular formula is C24H18N6O4S. The highest BCUT2D eigenvalue weighted by atomic mass is 32.2. The van der Waals surface area contributed by atoms with E-state index in [-0.39, 0.29) is 22.0 Å². The Morgan fingerprint density at radius 2 is 1.71 bits per heavy atom. The van der Waals surface area contributed by atoms with Gasteiger partial charge in [0.15, 0.2) is 0 Å². The van der Waals surface area contributed by atoms with Gasteiger partial charge in [-0.3, -0.25) is 9.20 Å². The number of nitrogens with one attached hydrogen (secondary N) is 1. The van der Waals surface area contributed by atoms with E-state index in [1.54, 1.807) is 34.7 Å². The van der Waals surface area contributed by atoms with E-state index in [9.17, 15) is 13.2 Å². The van der Waals surface area contributed by atoms with Crippen molar-refractivity contribution in [2.45, 2.75) is 4.90 Å². The number of para-hydroxylation sites is 2. The maximum absolute atomic E-state index is 12.6. The summed E-state index contributed by atoms with van der Waals surface area (Å²) in [5.74, 6) is 0.187. The van der Waals surface area contributed by atoms with Crippen LogP contribution in [0.1, 0.15) is 15.9 Å². The van der Waals surface area contributed by atoms with Crippen molar-refractivity contribution >= 4 is 44.9 Å². The number of aromatic nitrogens is 3. The molecular weight excluding hydrogens is 468 g/mol. The average molecular weight is 487 g/mol. The van der Waals surface area contributed by atoms with Gasteiger partial charge in [0.25, 0.3) is 5.91 Å². The molecule has 3 aromatic carbocycles. The Hall–Kier alpha value is -4.77. The number of benzene rings is 3. The number of imidazole rings is 1. The topological polar surface area (TPSA) is 141 Å². The molecule has 0 aliphatic heterocycles. The van der Waals surface area contributed by atoms with Gasteiger partial charge in [-0.2, -0.15) is 13.5 Å². The van der Waals surface area contributed by atoms with E-state index in [1.807, 2.05) is 24.3 Å². The summed E-state index contributed by atoms with van der Waals surface area (Å²) in [5.41, 5.74) is 10.9. The summed E-state index contributed by atoms with van der Waals surface area (Å²) >= 11 is 0. The van der Waals surface area contributed by atoms with Gasteiger partial charge in [-0.15, -0.1) is 0 Å². The number of hydrogen-bond acceptors (Lipinski definition) is 8. The maximum atomic E-state index is 12.6. The van der Waals surface area contributed by atoms with Crippen LogP contribution < -0.4 is 15.3 Å². The van der Waals surface area contributed by atoms with Crippen LogP contribution in [0.3, 0.4) is 0 Å². The number of nitrogens with two attached hydrogens (primary N) is 1. The lowest BCUT2D eigenvalue weighted by molar-refractivity contribution is 0.0955. The van der Waals surface area contributed by atoms with Gasteiger partial charge in [-0.05, 0) is 54.1 Å². The molecule has 0 aliphatic rings. The highest BCUT2D eigenvalue weighted by Gasteiger charge is 2.17. The summed E-state index contributed by atoms with van der Waals surface area (Å²) in [6, 6.07) is 21.4. The van der Waals surface area contributed by atoms with Crippen LogP contribution in [-0.2, 0) is 10.1 Å². The Balaban J connectivity index is 1.28. The van der Waals surface area contributed by atoms with Crippen LogP contribution in [0.5, 0.6) is 5.75 Å². The summed E-state index contributed by atoms with van der Waals surface area (Å²) in [6.07, 6.45) is 2.75. The number of carbonyl (C=O) groups is 1. The van der Waals surface area contributed by atoms with Crippen molar-refractivity contribution < 1.29 is 17.4 Å². The minimum Gasteiger partial charge on any atom is -0.384 e. The molecule has 10 nitrogen and oxygen atoms in total. The number of nitrogen functional groups attached to an aromatic ring is 1. The zero-order valence-electron chi connectivity index (χ0n) is 18.1. The van der Waals surface area contributed by atoms with Crippen LogP contribution in [0.2, 0.25) is 0 Å². The van der Waals surface area contributed by atoms with Gasteiger partial charge < -0.3 is 9.92 Å². The van der Waals surface area contributed by atoms with Crippen LogP contribution >= 0.6 is 0 Å². The van der Waals surface area contributed by atoms with Gasteiger partial charge in [0.2, 0.25) is 5.78 Å². The first-order valence-electron chi connectivity index (χ1n) is 10.4. The van der Waals surface area contributed by atoms with E-state index in [0.29, 0.717) is 16.9 Å². The molecule has 0 atom stereocenters. The second-order valence-electron chi connectivity index (χ2n) is 7.41. The Kier molecular flexibility index (Phi) is 5.59. The summed E-state index contributed by atoms with van der Waals surface area (Å²) in [6.45, 7) is 0. The van der Waals surface area contributed by atoms with Crippen LogP contribution in [-0.4, -0.2) is 34.9 Å². The summed E-state index contributed by atoms with van der Waals surface area (Å²) in [5, 5.41) is 3.95. The third kappa shape index (κ3) is 4.39. The summed E-state index contributed by atoms with van der Waals surface area (Å²) < 4.78 is 31.4. The number of hydrazone groups is 1. The monoisotopic (exact) mass is 486 g/mol. The number of fused-ring (bicyclic) bond motifs is 3. The third-order valence-electron chi connectivity index (χ3n) is 5.11. The van der Waals surface area contributed by atoms with Crippen LogP contribution in [0.25, 0.3) is 16.8 Å². The zero-order chi connectivity index (χ0) is 24.4. The van der Waals surface area contributed by atoms with Crippen LogP contribution in [0.15, 0.2) is 95.1 Å². The summed E-state index contributed by atoms with van der Waals surface area (Å²) in [4.78, 5) is 21.3. The van der Waals surface area contributed by atoms with E-state index < -0.39 is 16.0 Å². The molecule has 3 N–H and O–H groups in total. The number of anilines is 1. The first-order valence-corrected chi connectivity index (χ1v) is 11.8. The number of hydrogen-bond donors (Lipinski definition) is 2. The van der Waals surface area contributed by atoms with Crippen molar-refractivity contribution in [3.63, 3.8) is 0 Å². The average Bonchev–Trinajstić information content (AvgIpc) is 3.25. The van der Waals surface area contributed by atoms with Gasteiger partial charge in [-0.1, -0.05) is 30.3 Å². The Morgan fingerprint density at radius 3 is 2.49 bits per heavy atom. The van der Waals surface area contributed by atoms with Crippen molar-refractivity contribution in [1.29, 1.82) is 0 Å². The highest BCUT2D eigenvalue weighted by molar-refractivity contribution is 7.87. The molecule has 0 unspecified atom stereocenters. The number of carbonyl (C=O) groups excluding carboxylic acids is 1. The van der Waals surface area contributed by atoms with Gasteiger partial charge in [0, 0.05) is 6.20 Å². The summed E-state index contributed by atoms with van der Waals surface area (Å²) in [7, 11) is -3.93. The Morgan fingerprint density at radius 1 is 1.00 bits per heavy atom. The van der Waals surface area contributed by atoms with Gasteiger partial charge >= 0.3 is 10.1 Å². The molecule has 5 aromatic rings. The number of rotatable bonds is 6. The molecule has 174 valence electrons. The first kappa shape index (κ1) is 22.0. The molecule has 11 heteroatoms. The van der Waals surface area contributed by atoms with E-state index in [4.69, 9.17) is 9.92 Å². The molecule has 2 aromatic heterocycles. The fourth-order valence-corrected chi connectivity index (χ4v) is 4.37. The molecule has 0 fully saturated rings. The van der Waals surface area contributed by atoms with E-state index >= 15 is 0 Å². The minimum absolute atomic E-state index is 0.0593. The van der Waals surface area contributed by atoms with Crippen molar-refractivity contribution in [2.75, 3.05) is 5.73 Å². The van der Waals surface area contributed by atoms with Gasteiger partial charge in [0.1, 0.15) is 22.0 Å². The van der Waals surface area contributed by atoms with Gasteiger partial charge in [-0.25, -0.2) is 15.4 Å². The minimum atomic E-state index is -3.93. The fraction of sp³-hybridized carbons (Fsp3) is 0. The normalized spacial score (nSPS) is 11.8. The van der Waals surface area contributed by atoms with Crippen LogP contribution in [0.4, 0.5) is 5.82 Å². The highest BCUT2D eigenvalue weighted by Crippen LogP contribution is 2.21. The lowest BCUT2D eigenvalue weighted by atomic mass is 10.2. The second-order valence-corrected chi connectivity index (χ2v) is 8.96. The molecule has 0 saturated carbocycles. The quantitative estimate of drug-likeness (QED) is 0.213. The molecule has 2 heterocycles. The third-order valence-corrected chi connectivity index (χ3v) is 6.37. The maximum Gasteiger partial charge on any atom is 0.339 e. The molecule has 1 amide bonds. The van der Waals surface area contributed by atoms with Crippen LogP contribution in [0, 0.1) is 0 Å². The fourth-order valence-electron chi connectivity index (χ4n) is 3.42. The zero-order valence-corrected chi connectivity index (χ0v) is 18.9. The van der Waals surface area contributed by atoms with Gasteiger partial charge in [0.05, 0.1) is 17.2 Å². The predicted octanol–water partition coefficient (Wildman–Crippen LogP) is 3.00. The predicted molar refractivity (Wildman–Crippen MR) is 131 cm³/mol. The van der Waals surface area contributed by atoms with E-state index in [1.165, 1.54) is 36.7 Å². The lowest BCUT2D eigenvalue weighted by Gasteiger charge is -2.07. The second kappa shape index (κ2) is 8.88. The smallest absolute Gasteiger partial charge is 0.339 e. The molecule has 0 aliphatic carbocycles. The molecule has 35 heavy (non-hydrogen) atoms. The first-order chi connectivity index (χ1) is 16.9. The molecule has 0 bridgehead atoms. The number of amides is 1. The molecule has 0 saturated heterocycles. The van der Waals surface area contributed by atoms with Crippen molar-refractivity contribution in [1.82, 2.24) is 19.8 Å². The lowest BCUT2D eigenvalue weighted by Crippen LogP contribution is -2.21. The van der Waals surface area contributed by atoms with Crippen molar-refractivity contribution in [2.24, 2.45) is 5.10 Å². The van der Waals surface area contributed by atoms with Crippen molar-refractivity contribution in [3.05, 3.63) is 96.2 Å². The molecule has 0 radical (unpaired) electrons.